The van der Waals surface area contributed by atoms with E-state index in [0.29, 0.717) is 10.7 Å². The van der Waals surface area contributed by atoms with Crippen molar-refractivity contribution in [1.82, 2.24) is 9.97 Å². The average molecular weight is 308 g/mol. The summed E-state index contributed by atoms with van der Waals surface area (Å²) in [7, 11) is 0. The van der Waals surface area contributed by atoms with E-state index < -0.39 is 0 Å². The number of benzene rings is 1. The van der Waals surface area contributed by atoms with Crippen molar-refractivity contribution in [3.63, 3.8) is 0 Å². The zero-order valence-electron chi connectivity index (χ0n) is 8.48. The van der Waals surface area contributed by atoms with E-state index in [4.69, 9.17) is 5.26 Å². The summed E-state index contributed by atoms with van der Waals surface area (Å²) < 4.78 is 0.841. The Kier molecular flexibility index (Phi) is 3.61. The zero-order chi connectivity index (χ0) is 12.3. The van der Waals surface area contributed by atoms with Crippen LogP contribution in [0.15, 0.2) is 49.8 Å². The monoisotopic (exact) mass is 307 g/mol. The van der Waals surface area contributed by atoms with Gasteiger partial charge in [0.2, 0.25) is 0 Å². The molecular formula is C11H6BrN3OS. The van der Waals surface area contributed by atoms with Crippen LogP contribution in [-0.2, 0) is 0 Å². The van der Waals surface area contributed by atoms with E-state index in [1.165, 1.54) is 24.0 Å². The van der Waals surface area contributed by atoms with Gasteiger partial charge in [-0.2, -0.15) is 5.26 Å². The van der Waals surface area contributed by atoms with Crippen LogP contribution in [0.2, 0.25) is 0 Å². The molecule has 0 amide bonds. The maximum absolute atomic E-state index is 11.1. The van der Waals surface area contributed by atoms with Gasteiger partial charge in [0.1, 0.15) is 6.07 Å². The molecule has 0 saturated heterocycles. The largest absolute Gasteiger partial charge is 0.301 e. The Hall–Kier alpha value is -1.58. The first-order valence-electron chi connectivity index (χ1n) is 4.62. The molecule has 0 radical (unpaired) electrons. The first-order chi connectivity index (χ1) is 8.19. The van der Waals surface area contributed by atoms with Gasteiger partial charge in [0, 0.05) is 21.6 Å². The predicted octanol–water partition coefficient (Wildman–Crippen LogP) is 2.56. The number of nitrogens with one attached hydrogen (secondary N) is 1. The minimum atomic E-state index is -0.210. The third-order valence-electron chi connectivity index (χ3n) is 1.92. The maximum atomic E-state index is 11.1. The summed E-state index contributed by atoms with van der Waals surface area (Å²) in [5.41, 5.74) is 0.328. The highest BCUT2D eigenvalue weighted by Crippen LogP contribution is 2.28. The number of H-pyrrole nitrogens is 1. The van der Waals surface area contributed by atoms with Crippen LogP contribution in [0.25, 0.3) is 0 Å². The smallest absolute Gasteiger partial charge is 0.251 e. The fraction of sp³-hybridized carbons (Fsp3) is 0. The molecule has 2 aromatic rings. The second-order valence-corrected chi connectivity index (χ2v) is 5.04. The molecule has 84 valence electrons. The fourth-order valence-corrected chi connectivity index (χ4v) is 2.37. The molecule has 4 nitrogen and oxygen atoms in total. The van der Waals surface area contributed by atoms with Crippen molar-refractivity contribution in [1.29, 1.82) is 5.26 Å². The van der Waals surface area contributed by atoms with Gasteiger partial charge in [-0.15, -0.1) is 0 Å². The van der Waals surface area contributed by atoms with Crippen molar-refractivity contribution in [3.8, 4) is 6.07 Å². The molecule has 17 heavy (non-hydrogen) atoms. The third-order valence-corrected chi connectivity index (χ3v) is 3.39. The van der Waals surface area contributed by atoms with E-state index in [1.807, 2.05) is 6.07 Å². The molecule has 0 aliphatic carbocycles. The Morgan fingerprint density at radius 2 is 2.24 bits per heavy atom. The summed E-state index contributed by atoms with van der Waals surface area (Å²) in [6.07, 6.45) is 1.44. The number of aromatic amines is 1. The quantitative estimate of drug-likeness (QED) is 0.866. The first-order valence-corrected chi connectivity index (χ1v) is 6.23. The molecule has 1 aromatic carbocycles. The second kappa shape index (κ2) is 5.17. The summed E-state index contributed by atoms with van der Waals surface area (Å²) in [6, 6.07) is 8.81. The molecular weight excluding hydrogens is 302 g/mol. The molecule has 1 heterocycles. The number of hydrogen-bond acceptors (Lipinski definition) is 4. The van der Waals surface area contributed by atoms with Gasteiger partial charge < -0.3 is 4.98 Å². The van der Waals surface area contributed by atoms with E-state index in [1.54, 1.807) is 12.1 Å². The molecule has 0 spiro atoms. The summed E-state index contributed by atoms with van der Waals surface area (Å²) in [6.45, 7) is 0. The first kappa shape index (κ1) is 11.9. The van der Waals surface area contributed by atoms with Crippen LogP contribution >= 0.6 is 27.7 Å². The number of aromatic nitrogens is 2. The number of rotatable bonds is 2. The fourth-order valence-electron chi connectivity index (χ4n) is 1.19. The lowest BCUT2D eigenvalue weighted by Crippen LogP contribution is -2.05. The Morgan fingerprint density at radius 1 is 1.41 bits per heavy atom. The molecule has 0 unspecified atom stereocenters. The van der Waals surface area contributed by atoms with Crippen LogP contribution in [-0.4, -0.2) is 9.97 Å². The molecule has 0 saturated carbocycles. The van der Waals surface area contributed by atoms with Gasteiger partial charge in [-0.05, 0) is 18.2 Å². The molecule has 2 rings (SSSR count). The van der Waals surface area contributed by atoms with Crippen molar-refractivity contribution in [2.24, 2.45) is 0 Å². The number of nitriles is 1. The summed E-state index contributed by atoms with van der Waals surface area (Å²) >= 11 is 4.55. The molecule has 0 atom stereocenters. The Bertz CT molecular complexity index is 648. The third kappa shape index (κ3) is 2.96. The van der Waals surface area contributed by atoms with E-state index in [2.05, 4.69) is 32.0 Å². The minimum absolute atomic E-state index is 0.210. The summed E-state index contributed by atoms with van der Waals surface area (Å²) in [5.74, 6) is 0. The second-order valence-electron chi connectivity index (χ2n) is 3.09. The van der Waals surface area contributed by atoms with Gasteiger partial charge >= 0.3 is 0 Å². The van der Waals surface area contributed by atoms with Gasteiger partial charge in [-0.25, -0.2) is 4.98 Å². The Labute approximate surface area is 110 Å². The van der Waals surface area contributed by atoms with E-state index in [-0.39, 0.29) is 5.56 Å². The molecule has 0 aliphatic rings. The van der Waals surface area contributed by atoms with Crippen LogP contribution in [0.1, 0.15) is 5.56 Å². The summed E-state index contributed by atoms with van der Waals surface area (Å²) in [5, 5.41) is 9.47. The van der Waals surface area contributed by atoms with Gasteiger partial charge in [0.15, 0.2) is 5.16 Å². The van der Waals surface area contributed by atoms with Gasteiger partial charge in [-0.1, -0.05) is 27.7 Å². The van der Waals surface area contributed by atoms with E-state index >= 15 is 0 Å². The molecule has 1 aromatic heterocycles. The van der Waals surface area contributed by atoms with Crippen molar-refractivity contribution in [3.05, 3.63) is 50.9 Å². The number of nitrogens with zero attached hydrogens (tertiary/aromatic N) is 2. The molecule has 1 N–H and O–H groups in total. The normalized spacial score (nSPS) is 9.88. The zero-order valence-corrected chi connectivity index (χ0v) is 10.9. The SMILES string of the molecule is N#Cc1cc(Br)ccc1Sc1nccc(=O)[nH]1. The van der Waals surface area contributed by atoms with Crippen molar-refractivity contribution in [2.75, 3.05) is 0 Å². The van der Waals surface area contributed by atoms with Crippen LogP contribution in [0.4, 0.5) is 0 Å². The van der Waals surface area contributed by atoms with Crippen molar-refractivity contribution in [2.45, 2.75) is 10.1 Å². The number of hydrogen-bond donors (Lipinski definition) is 1. The van der Waals surface area contributed by atoms with E-state index in [0.717, 1.165) is 9.37 Å². The molecule has 0 aliphatic heterocycles. The summed E-state index contributed by atoms with van der Waals surface area (Å²) in [4.78, 5) is 18.5. The molecule has 0 bridgehead atoms. The lowest BCUT2D eigenvalue weighted by atomic mass is 10.2. The molecule has 6 heteroatoms. The lowest BCUT2D eigenvalue weighted by Gasteiger charge is -2.02. The minimum Gasteiger partial charge on any atom is -0.301 e. The standard InChI is InChI=1S/C11H6BrN3OS/c12-8-1-2-9(7(5-8)6-13)17-11-14-4-3-10(16)15-11/h1-5H,(H,14,15,16). The van der Waals surface area contributed by atoms with Crippen LogP contribution in [0.3, 0.4) is 0 Å². The topological polar surface area (TPSA) is 69.5 Å². The van der Waals surface area contributed by atoms with Gasteiger partial charge in [-0.3, -0.25) is 4.79 Å². The highest BCUT2D eigenvalue weighted by molar-refractivity contribution is 9.10. The Balaban J connectivity index is 2.37. The van der Waals surface area contributed by atoms with E-state index in [9.17, 15) is 4.79 Å². The average Bonchev–Trinajstić information content (AvgIpc) is 2.31. The number of halogens is 1. The Morgan fingerprint density at radius 3 is 2.94 bits per heavy atom. The van der Waals surface area contributed by atoms with Crippen molar-refractivity contribution >= 4 is 27.7 Å². The van der Waals surface area contributed by atoms with Crippen LogP contribution in [0.5, 0.6) is 0 Å². The van der Waals surface area contributed by atoms with Crippen molar-refractivity contribution < 1.29 is 0 Å². The maximum Gasteiger partial charge on any atom is 0.251 e. The van der Waals surface area contributed by atoms with Gasteiger partial charge in [0.25, 0.3) is 5.56 Å². The highest BCUT2D eigenvalue weighted by atomic mass is 79.9. The van der Waals surface area contributed by atoms with Gasteiger partial charge in [0.05, 0.1) is 5.56 Å². The van der Waals surface area contributed by atoms with Crippen LogP contribution in [0, 0.1) is 11.3 Å². The lowest BCUT2D eigenvalue weighted by molar-refractivity contribution is 0.936. The highest BCUT2D eigenvalue weighted by Gasteiger charge is 2.06. The van der Waals surface area contributed by atoms with Crippen LogP contribution < -0.4 is 5.56 Å². The predicted molar refractivity (Wildman–Crippen MR) is 67.8 cm³/mol. The molecule has 0 fully saturated rings.